The van der Waals surface area contributed by atoms with Crippen molar-refractivity contribution in [1.82, 2.24) is 0 Å². The average molecular weight is 2180 g/mol. The molecule has 4 aliphatic rings. The van der Waals surface area contributed by atoms with E-state index in [0.29, 0.717) is 53.9 Å². The molecule has 24 nitrogen and oxygen atoms in total. The molecule has 4 saturated carbocycles. The van der Waals surface area contributed by atoms with E-state index in [1.54, 1.807) is 90.0 Å². The van der Waals surface area contributed by atoms with Crippen molar-refractivity contribution in [3.05, 3.63) is 48.6 Å². The molecule has 0 radical (unpaired) electrons. The SMILES string of the molecule is C=C(C)C(=O)OC1CC(C(C)(C)OC(C)C(C)(C)O)C(C(C)(C)OC(C)C(C)(O)C(F)(F)F)C1.C=C(C)C(=O)OC1CC(C(C)(C)OC(C)C(C)(C)O)CC(C(C)(C)OC(C)C(O)(C(F)(F)F)C(F)(F)F)C1.C=C(C)C(=O)OC1CC(C(C)(C)OC(C)C(C)(O)C(F)(F)F)CC1C(C)(C)OC(C)C(C)(O)C(F)(F)F.C=C(C)C(=O)OC1CCC(C(C)(C)OC(C)C(O)(C(F)(F)F)C(F)(F)F)C(C(C)(C)OC(C)C(C)(C)O)C1. The maximum atomic E-state index is 13.5. The van der Waals surface area contributed by atoms with E-state index in [1.807, 2.05) is 13.8 Å². The van der Waals surface area contributed by atoms with Crippen LogP contribution in [0.3, 0.4) is 0 Å². The number of ether oxygens (including phenoxy) is 12. The number of hydrogen-bond donors (Lipinski definition) is 8. The minimum atomic E-state index is -6.04. The normalized spacial score (nSPS) is 25.2. The van der Waals surface area contributed by atoms with Crippen molar-refractivity contribution in [3.63, 3.8) is 0 Å². The smallest absolute Gasteiger partial charge is 0.428 e. The molecule has 0 aliphatic heterocycles. The van der Waals surface area contributed by atoms with Crippen LogP contribution in [0.1, 0.15) is 320 Å². The largest absolute Gasteiger partial charge is 0.459 e. The molecule has 0 aromatic heterocycles. The Kier molecular flexibility index (Phi) is 45.8. The second-order valence-corrected chi connectivity index (χ2v) is 47.1. The Bertz CT molecular complexity index is 4300. The van der Waals surface area contributed by atoms with Crippen LogP contribution in [-0.4, -0.2) is 271 Å². The van der Waals surface area contributed by atoms with Gasteiger partial charge in [0.1, 0.15) is 36.6 Å². The van der Waals surface area contributed by atoms with Crippen molar-refractivity contribution >= 4 is 23.9 Å². The molecular formula is C102H167F21O24. The van der Waals surface area contributed by atoms with Gasteiger partial charge in [-0.1, -0.05) is 26.3 Å². The topological polar surface area (TPSA) is 341 Å². The molecule has 23 unspecified atom stereocenters. The molecule has 23 atom stereocenters. The van der Waals surface area contributed by atoms with E-state index < -0.39 is 265 Å². The van der Waals surface area contributed by atoms with Crippen molar-refractivity contribution in [2.24, 2.45) is 47.3 Å². The van der Waals surface area contributed by atoms with Gasteiger partial charge in [-0.2, -0.15) is 92.2 Å². The molecule has 147 heavy (non-hydrogen) atoms. The van der Waals surface area contributed by atoms with Gasteiger partial charge in [-0.25, -0.2) is 19.2 Å². The lowest BCUT2D eigenvalue weighted by molar-refractivity contribution is -0.401. The standard InChI is InChI=1S/2C26H42F6O6.C25H40F6O6.C25H43F3O6/c1-14(2)20(33)36-19-12-17(22(7,8)37-15(3)21(5,6)34)11-18(13-19)23(9,10)38-16(4)24(35,25(27,28)29)26(30,31)32;1-14(2)20(33)36-17-11-12-18(19(13-17)23(9,10)37-15(3)21(5,6)34)22(7,8)38-16(4)24(35,25(27,28)29)26(30,31)32;1-13(2)19(32)35-18-12-16(20(5,6)36-14(3)22(9,33)24(26,27)28)11-17(18)21(7,8)37-15(4)23(10,34)25(29,30)31;1-14(2)20(29)32-17-12-18(22(7,8)33-15(3)21(5,6)30)19(13-17)23(9,10)34-16(4)24(11,31)25(26,27)28/h2*15-19,34-35H,1,11-13H2,2-10H3;14-18,33-34H,1,11-12H2,2-10H3;15-19,30-31H,1,12-13H2,2-11H3. The Morgan fingerprint density at radius 3 is 0.687 bits per heavy atom. The van der Waals surface area contributed by atoms with E-state index in [1.165, 1.54) is 104 Å². The van der Waals surface area contributed by atoms with Crippen LogP contribution in [0.5, 0.6) is 0 Å². The van der Waals surface area contributed by atoms with Crippen LogP contribution in [0.15, 0.2) is 48.6 Å². The number of hydrogen-bond acceptors (Lipinski definition) is 24. The van der Waals surface area contributed by atoms with E-state index in [2.05, 4.69) is 26.3 Å². The second kappa shape index (κ2) is 48.2. The van der Waals surface area contributed by atoms with E-state index in [9.17, 15) is 152 Å². The molecule has 866 valence electrons. The van der Waals surface area contributed by atoms with Crippen molar-refractivity contribution in [3.8, 4) is 0 Å². The zero-order valence-corrected chi connectivity index (χ0v) is 92.0. The van der Waals surface area contributed by atoms with Crippen molar-refractivity contribution in [2.45, 2.75) is 526 Å². The van der Waals surface area contributed by atoms with Crippen LogP contribution in [0.25, 0.3) is 0 Å². The highest BCUT2D eigenvalue weighted by Gasteiger charge is 2.76. The van der Waals surface area contributed by atoms with Gasteiger partial charge in [-0.3, -0.25) is 0 Å². The van der Waals surface area contributed by atoms with Crippen molar-refractivity contribution < 1.29 is 209 Å². The third kappa shape index (κ3) is 35.9. The first-order valence-electron chi connectivity index (χ1n) is 48.6. The molecule has 4 rings (SSSR count). The summed E-state index contributed by atoms with van der Waals surface area (Å²) in [5.74, 6) is -6.89. The summed E-state index contributed by atoms with van der Waals surface area (Å²) in [4.78, 5) is 48.9. The summed E-state index contributed by atoms with van der Waals surface area (Å²) in [6.07, 6.45) is -51.7. The first-order valence-corrected chi connectivity index (χ1v) is 48.6. The number of carbonyl (C=O) groups excluding carboxylic acids is 4. The molecule has 4 fully saturated rings. The predicted molar refractivity (Wildman–Crippen MR) is 503 cm³/mol. The first kappa shape index (κ1) is 140. The molecule has 8 N–H and O–H groups in total. The molecule has 4 aliphatic carbocycles. The molecule has 0 bridgehead atoms. The van der Waals surface area contributed by atoms with E-state index in [-0.39, 0.29) is 79.1 Å². The van der Waals surface area contributed by atoms with Gasteiger partial charge in [-0.05, 0) is 362 Å². The summed E-state index contributed by atoms with van der Waals surface area (Å²) in [6, 6.07) is 0. The molecule has 0 spiro atoms. The van der Waals surface area contributed by atoms with Gasteiger partial charge in [0.15, 0.2) is 16.8 Å². The minimum Gasteiger partial charge on any atom is -0.459 e. The molecule has 45 heteroatoms. The lowest BCUT2D eigenvalue weighted by Crippen LogP contribution is -2.66. The molecule has 0 aromatic carbocycles. The Hall–Kier alpha value is -5.27. The third-order valence-corrected chi connectivity index (χ3v) is 30.2. The van der Waals surface area contributed by atoms with E-state index >= 15 is 0 Å². The average Bonchev–Trinajstić information content (AvgIpc) is 1.64. The van der Waals surface area contributed by atoms with E-state index in [0.717, 1.165) is 13.8 Å². The van der Waals surface area contributed by atoms with Gasteiger partial charge in [0.2, 0.25) is 0 Å². The fourth-order valence-corrected chi connectivity index (χ4v) is 18.6. The summed E-state index contributed by atoms with van der Waals surface area (Å²) in [5.41, 5.74) is -32.4. The highest BCUT2D eigenvalue weighted by Crippen LogP contribution is 2.57. The monoisotopic (exact) mass is 2180 g/mol. The molecule has 0 saturated heterocycles. The van der Waals surface area contributed by atoms with Crippen molar-refractivity contribution in [1.29, 1.82) is 0 Å². The zero-order chi connectivity index (χ0) is 117. The summed E-state index contributed by atoms with van der Waals surface area (Å²) < 4.78 is 351. The summed E-state index contributed by atoms with van der Waals surface area (Å²) in [7, 11) is 0. The second-order valence-electron chi connectivity index (χ2n) is 47.1. The Labute approximate surface area is 852 Å². The number of carbonyl (C=O) groups is 4. The lowest BCUT2D eigenvalue weighted by atomic mass is 9.64. The zero-order valence-electron chi connectivity index (χ0n) is 92.0. The van der Waals surface area contributed by atoms with Crippen LogP contribution in [0.4, 0.5) is 92.2 Å². The summed E-state index contributed by atoms with van der Waals surface area (Å²) >= 11 is 0. The first-order chi connectivity index (χ1) is 64.5. The third-order valence-electron chi connectivity index (χ3n) is 30.2. The van der Waals surface area contributed by atoms with Gasteiger partial charge in [0.05, 0.1) is 98.2 Å². The Balaban J connectivity index is 0.000000981. The Morgan fingerprint density at radius 2 is 0.429 bits per heavy atom. The number of halogens is 21. The molecular weight excluding hydrogens is 2010 g/mol. The predicted octanol–water partition coefficient (Wildman–Crippen LogP) is 22.2. The van der Waals surface area contributed by atoms with Crippen LogP contribution >= 0.6 is 0 Å². The quantitative estimate of drug-likeness (QED) is 0.0122. The van der Waals surface area contributed by atoms with Gasteiger partial charge in [0.25, 0.3) is 11.2 Å². The highest BCUT2D eigenvalue weighted by molar-refractivity contribution is 5.88. The highest BCUT2D eigenvalue weighted by atomic mass is 19.4. The molecule has 0 amide bonds. The molecule has 0 aromatic rings. The lowest BCUT2D eigenvalue weighted by Gasteiger charge is -2.52. The number of alkyl halides is 21. The Morgan fingerprint density at radius 1 is 0.231 bits per heavy atom. The van der Waals surface area contributed by atoms with Crippen molar-refractivity contribution in [2.75, 3.05) is 0 Å². The fraction of sp³-hybridized carbons (Fsp3) is 0.882. The van der Waals surface area contributed by atoms with Crippen LogP contribution in [0, 0.1) is 47.3 Å². The van der Waals surface area contributed by atoms with Gasteiger partial charge >= 0.3 is 67.1 Å². The summed E-state index contributed by atoms with van der Waals surface area (Å²) in [6.45, 7) is 66.3. The van der Waals surface area contributed by atoms with Gasteiger partial charge < -0.3 is 97.7 Å². The molecule has 0 heterocycles. The summed E-state index contributed by atoms with van der Waals surface area (Å²) in [5, 5.41) is 80.9. The number of rotatable bonds is 40. The van der Waals surface area contributed by atoms with Gasteiger partial charge in [0, 0.05) is 28.2 Å². The van der Waals surface area contributed by atoms with E-state index in [4.69, 9.17) is 56.8 Å². The van der Waals surface area contributed by atoms with Crippen LogP contribution in [0.2, 0.25) is 0 Å². The fourth-order valence-electron chi connectivity index (χ4n) is 18.6. The maximum Gasteiger partial charge on any atom is 0.428 e. The van der Waals surface area contributed by atoms with Crippen LogP contribution < -0.4 is 0 Å². The van der Waals surface area contributed by atoms with Crippen LogP contribution in [-0.2, 0) is 76.0 Å². The number of aliphatic hydroxyl groups is 8. The van der Waals surface area contributed by atoms with Gasteiger partial charge in [-0.15, -0.1) is 0 Å². The minimum absolute atomic E-state index is 0.0830. The number of esters is 4. The maximum absolute atomic E-state index is 13.5.